The molecule has 1 aliphatic rings. The van der Waals surface area contributed by atoms with Gasteiger partial charge in [-0.15, -0.1) is 0 Å². The molecule has 3 heterocycles. The van der Waals surface area contributed by atoms with E-state index in [0.717, 1.165) is 49.7 Å². The Hall–Kier alpha value is -2.85. The molecule has 0 N–H and O–H groups in total. The Bertz CT molecular complexity index is 1120. The van der Waals surface area contributed by atoms with Crippen molar-refractivity contribution >= 4 is 13.9 Å². The van der Waals surface area contributed by atoms with Crippen LogP contribution in [0.3, 0.4) is 0 Å². The normalized spacial score (nSPS) is 15.2. The predicted molar refractivity (Wildman–Crippen MR) is 141 cm³/mol. The van der Waals surface area contributed by atoms with Crippen LogP contribution in [0.5, 0.6) is 5.75 Å². The van der Waals surface area contributed by atoms with Crippen LogP contribution in [0, 0.1) is 5.92 Å². The summed E-state index contributed by atoms with van der Waals surface area (Å²) >= 11 is 0. The molecule has 200 valence electrons. The summed E-state index contributed by atoms with van der Waals surface area (Å²) in [5.74, 6) is 2.38. The predicted octanol–water partition coefficient (Wildman–Crippen LogP) is 6.57. The summed E-state index contributed by atoms with van der Waals surface area (Å²) in [5, 5.41) is 0. The molecule has 1 aliphatic heterocycles. The van der Waals surface area contributed by atoms with E-state index in [4.69, 9.17) is 9.47 Å². The van der Waals surface area contributed by atoms with Crippen molar-refractivity contribution in [2.45, 2.75) is 51.4 Å². The van der Waals surface area contributed by atoms with Gasteiger partial charge in [0.1, 0.15) is 24.1 Å². The highest BCUT2D eigenvalue weighted by molar-refractivity contribution is 6.76. The fourth-order valence-electron chi connectivity index (χ4n) is 4.19. The third-order valence-corrected chi connectivity index (χ3v) is 8.17. The van der Waals surface area contributed by atoms with E-state index in [1.165, 1.54) is 4.57 Å². The fourth-order valence-corrected chi connectivity index (χ4v) is 4.94. The minimum Gasteiger partial charge on any atom is -0.493 e. The van der Waals surface area contributed by atoms with Crippen LogP contribution in [0.15, 0.2) is 54.9 Å². The number of piperidine rings is 1. The van der Waals surface area contributed by atoms with Gasteiger partial charge in [0.2, 0.25) is 0 Å². The number of nitrogens with zero attached hydrogens (tertiary/aromatic N) is 4. The van der Waals surface area contributed by atoms with Gasteiger partial charge in [0, 0.05) is 45.7 Å². The maximum absolute atomic E-state index is 13.4. The molecule has 10 heteroatoms. The monoisotopic (exact) mass is 532 g/mol. The molecule has 3 aromatic rings. The summed E-state index contributed by atoms with van der Waals surface area (Å²) in [5.41, 5.74) is -0.403. The molecular formula is C27H35F3N4O2Si. The Balaban J connectivity index is 1.37. The molecule has 0 aliphatic carbocycles. The number of anilines is 1. The summed E-state index contributed by atoms with van der Waals surface area (Å²) < 4.78 is 53.2. The molecule has 0 bridgehead atoms. The molecular weight excluding hydrogens is 497 g/mol. The lowest BCUT2D eigenvalue weighted by Gasteiger charge is -2.32. The number of ether oxygens (including phenoxy) is 2. The molecule has 0 radical (unpaired) electrons. The van der Waals surface area contributed by atoms with Crippen molar-refractivity contribution in [2.24, 2.45) is 5.92 Å². The van der Waals surface area contributed by atoms with Gasteiger partial charge in [0.25, 0.3) is 0 Å². The van der Waals surface area contributed by atoms with E-state index in [9.17, 15) is 13.2 Å². The second-order valence-corrected chi connectivity index (χ2v) is 16.3. The Kier molecular flexibility index (Phi) is 8.59. The number of hydrogen-bond donors (Lipinski definition) is 0. The number of rotatable bonds is 10. The van der Waals surface area contributed by atoms with Crippen LogP contribution in [-0.2, 0) is 17.6 Å². The molecule has 4 rings (SSSR count). The Morgan fingerprint density at radius 1 is 1.03 bits per heavy atom. The van der Waals surface area contributed by atoms with E-state index in [0.29, 0.717) is 24.7 Å². The highest BCUT2D eigenvalue weighted by Gasteiger charge is 2.35. The van der Waals surface area contributed by atoms with Gasteiger partial charge in [-0.05, 0) is 49.1 Å². The smallest absolute Gasteiger partial charge is 0.434 e. The maximum atomic E-state index is 13.4. The minimum absolute atomic E-state index is 0.0171. The van der Waals surface area contributed by atoms with E-state index >= 15 is 0 Å². The van der Waals surface area contributed by atoms with Gasteiger partial charge >= 0.3 is 6.18 Å². The molecule has 0 spiro atoms. The molecule has 0 unspecified atom stereocenters. The van der Waals surface area contributed by atoms with Crippen molar-refractivity contribution in [1.29, 1.82) is 0 Å². The Morgan fingerprint density at radius 2 is 1.76 bits per heavy atom. The standard InChI is InChI=1S/C27H35F3N4O2Si/c1-37(2,3)16-15-35-20-34-18-24(27(28,29)30)32-26(34)22-9-10-25(31-17-22)33-13-11-21(12-14-33)19-36-23-7-5-4-6-8-23/h4-10,17-18,21H,11-16,19-20H2,1-3H3. The number of hydrogen-bond acceptors (Lipinski definition) is 5. The van der Waals surface area contributed by atoms with E-state index in [1.54, 1.807) is 12.3 Å². The first-order valence-electron chi connectivity index (χ1n) is 12.7. The molecule has 0 saturated carbocycles. The van der Waals surface area contributed by atoms with E-state index < -0.39 is 19.9 Å². The molecule has 0 amide bonds. The lowest BCUT2D eigenvalue weighted by atomic mass is 9.98. The SMILES string of the molecule is C[Si](C)(C)CCOCn1cc(C(F)(F)F)nc1-c1ccc(N2CCC(COc3ccccc3)CC2)nc1. The van der Waals surface area contributed by atoms with E-state index in [1.807, 2.05) is 36.4 Å². The molecule has 1 fully saturated rings. The zero-order valence-electron chi connectivity index (χ0n) is 21.7. The number of benzene rings is 1. The molecule has 0 atom stereocenters. The third-order valence-electron chi connectivity index (χ3n) is 6.47. The highest BCUT2D eigenvalue weighted by atomic mass is 28.3. The molecule has 2 aromatic heterocycles. The molecule has 1 aromatic carbocycles. The number of imidazole rings is 1. The van der Waals surface area contributed by atoms with Gasteiger partial charge in [-0.25, -0.2) is 9.97 Å². The third kappa shape index (κ3) is 7.81. The topological polar surface area (TPSA) is 52.4 Å². The number of pyridine rings is 1. The summed E-state index contributed by atoms with van der Waals surface area (Å²) in [6, 6.07) is 14.4. The van der Waals surface area contributed by atoms with Crippen LogP contribution in [0.25, 0.3) is 11.4 Å². The summed E-state index contributed by atoms with van der Waals surface area (Å²) in [7, 11) is -1.30. The van der Waals surface area contributed by atoms with Crippen LogP contribution in [0.2, 0.25) is 25.7 Å². The average Bonchev–Trinajstić information content (AvgIpc) is 3.31. The van der Waals surface area contributed by atoms with Crippen molar-refractivity contribution in [2.75, 3.05) is 31.2 Å². The lowest BCUT2D eigenvalue weighted by Crippen LogP contribution is -2.36. The average molecular weight is 533 g/mol. The van der Waals surface area contributed by atoms with Gasteiger partial charge in [0.15, 0.2) is 5.69 Å². The first-order chi connectivity index (χ1) is 17.6. The second kappa shape index (κ2) is 11.7. The zero-order chi connectivity index (χ0) is 26.5. The quantitative estimate of drug-likeness (QED) is 0.218. The van der Waals surface area contributed by atoms with Gasteiger partial charge in [0.05, 0.1) is 6.61 Å². The largest absolute Gasteiger partial charge is 0.493 e. The van der Waals surface area contributed by atoms with Crippen LogP contribution >= 0.6 is 0 Å². The van der Waals surface area contributed by atoms with Gasteiger partial charge in [-0.1, -0.05) is 37.8 Å². The van der Waals surface area contributed by atoms with Crippen LogP contribution < -0.4 is 9.64 Å². The summed E-state index contributed by atoms with van der Waals surface area (Å²) in [6.07, 6.45) is 0.0655. The Labute approximate surface area is 217 Å². The number of para-hydroxylation sites is 1. The summed E-state index contributed by atoms with van der Waals surface area (Å²) in [6.45, 7) is 9.62. The van der Waals surface area contributed by atoms with Gasteiger partial charge in [-0.3, -0.25) is 0 Å². The molecule has 37 heavy (non-hydrogen) atoms. The van der Waals surface area contributed by atoms with Crippen LogP contribution in [-0.4, -0.2) is 48.9 Å². The van der Waals surface area contributed by atoms with Crippen molar-refractivity contribution in [3.05, 3.63) is 60.6 Å². The maximum Gasteiger partial charge on any atom is 0.434 e. The van der Waals surface area contributed by atoms with Crippen molar-refractivity contribution in [3.8, 4) is 17.1 Å². The van der Waals surface area contributed by atoms with Crippen molar-refractivity contribution in [3.63, 3.8) is 0 Å². The molecule has 6 nitrogen and oxygen atoms in total. The second-order valence-electron chi connectivity index (χ2n) is 10.7. The zero-order valence-corrected chi connectivity index (χ0v) is 22.7. The van der Waals surface area contributed by atoms with Gasteiger partial charge < -0.3 is 18.9 Å². The van der Waals surface area contributed by atoms with E-state index in [2.05, 4.69) is 34.5 Å². The number of aromatic nitrogens is 3. The van der Waals surface area contributed by atoms with Crippen LogP contribution in [0.1, 0.15) is 18.5 Å². The first-order valence-corrected chi connectivity index (χ1v) is 16.4. The minimum atomic E-state index is -4.53. The van der Waals surface area contributed by atoms with Crippen LogP contribution in [0.4, 0.5) is 19.0 Å². The first kappa shape index (κ1) is 27.2. The fraction of sp³-hybridized carbons (Fsp3) is 0.481. The highest BCUT2D eigenvalue weighted by Crippen LogP contribution is 2.32. The van der Waals surface area contributed by atoms with Gasteiger partial charge in [-0.2, -0.15) is 13.2 Å². The van der Waals surface area contributed by atoms with E-state index in [-0.39, 0.29) is 12.6 Å². The summed E-state index contributed by atoms with van der Waals surface area (Å²) in [4.78, 5) is 10.6. The van der Waals surface area contributed by atoms with Crippen molar-refractivity contribution in [1.82, 2.24) is 14.5 Å². The number of halogens is 3. The van der Waals surface area contributed by atoms with Crippen molar-refractivity contribution < 1.29 is 22.6 Å². The number of alkyl halides is 3. The Morgan fingerprint density at radius 3 is 2.38 bits per heavy atom. The lowest BCUT2D eigenvalue weighted by molar-refractivity contribution is -0.141. The molecule has 1 saturated heterocycles.